The lowest BCUT2D eigenvalue weighted by atomic mass is 10.3. The number of carbonyl (C=O) groups excluding carboxylic acids is 2. The fraction of sp³-hybridized carbons (Fsp3) is 0.389. The van der Waals surface area contributed by atoms with Gasteiger partial charge in [0.15, 0.2) is 12.2 Å². The van der Waals surface area contributed by atoms with E-state index in [-0.39, 0.29) is 0 Å². The summed E-state index contributed by atoms with van der Waals surface area (Å²) < 4.78 is 25.1. The Morgan fingerprint density at radius 3 is 2.31 bits per heavy atom. The summed E-state index contributed by atoms with van der Waals surface area (Å²) >= 11 is 0. The molecule has 0 unspecified atom stereocenters. The second-order valence-corrected chi connectivity index (χ2v) is 5.95. The SMILES string of the molecule is Cc1nn(C)c(C)c1NC(=O)[C@H](C)OC(=O)[C@@H](C)Oc1ccc(F)cc1. The maximum atomic E-state index is 12.9. The fourth-order valence-corrected chi connectivity index (χ4v) is 2.27. The van der Waals surface area contributed by atoms with Gasteiger partial charge >= 0.3 is 5.97 Å². The van der Waals surface area contributed by atoms with Gasteiger partial charge in [-0.2, -0.15) is 5.10 Å². The van der Waals surface area contributed by atoms with Crippen LogP contribution in [0.2, 0.25) is 0 Å². The zero-order valence-corrected chi connectivity index (χ0v) is 15.4. The Kier molecular flexibility index (Phi) is 5.97. The van der Waals surface area contributed by atoms with E-state index in [1.54, 1.807) is 18.7 Å². The minimum atomic E-state index is -1.01. The number of rotatable bonds is 6. The molecule has 0 saturated heterocycles. The summed E-state index contributed by atoms with van der Waals surface area (Å²) in [5.74, 6) is -1.24. The molecule has 0 aliphatic heterocycles. The van der Waals surface area contributed by atoms with Crippen LogP contribution >= 0.6 is 0 Å². The van der Waals surface area contributed by atoms with Gasteiger partial charge in [-0.05, 0) is 52.0 Å². The van der Waals surface area contributed by atoms with Crippen molar-refractivity contribution in [1.29, 1.82) is 0 Å². The average molecular weight is 363 g/mol. The molecule has 26 heavy (non-hydrogen) atoms. The molecule has 1 amide bonds. The van der Waals surface area contributed by atoms with Crippen LogP contribution in [0.25, 0.3) is 0 Å². The van der Waals surface area contributed by atoms with E-state index in [2.05, 4.69) is 10.4 Å². The van der Waals surface area contributed by atoms with E-state index in [1.165, 1.54) is 38.1 Å². The number of anilines is 1. The number of nitrogens with zero attached hydrogens (tertiary/aromatic N) is 2. The highest BCUT2D eigenvalue weighted by Crippen LogP contribution is 2.19. The number of amides is 1. The van der Waals surface area contributed by atoms with Crippen LogP contribution in [0.5, 0.6) is 5.75 Å². The van der Waals surface area contributed by atoms with Crippen LogP contribution in [0.4, 0.5) is 10.1 Å². The second-order valence-electron chi connectivity index (χ2n) is 5.95. The molecule has 8 heteroatoms. The molecule has 2 aromatic rings. The molecule has 1 N–H and O–H groups in total. The van der Waals surface area contributed by atoms with Crippen LogP contribution in [0.3, 0.4) is 0 Å². The van der Waals surface area contributed by atoms with Gasteiger partial charge < -0.3 is 14.8 Å². The summed E-state index contributed by atoms with van der Waals surface area (Å²) in [7, 11) is 1.77. The van der Waals surface area contributed by atoms with Gasteiger partial charge in [-0.1, -0.05) is 0 Å². The zero-order chi connectivity index (χ0) is 19.4. The van der Waals surface area contributed by atoms with Crippen molar-refractivity contribution in [3.63, 3.8) is 0 Å². The number of halogens is 1. The van der Waals surface area contributed by atoms with Crippen molar-refractivity contribution in [2.45, 2.75) is 39.9 Å². The summed E-state index contributed by atoms with van der Waals surface area (Å²) in [5.41, 5.74) is 2.06. The number of hydrogen-bond donors (Lipinski definition) is 1. The van der Waals surface area contributed by atoms with Crippen molar-refractivity contribution in [2.75, 3.05) is 5.32 Å². The van der Waals surface area contributed by atoms with Crippen molar-refractivity contribution in [3.05, 3.63) is 41.5 Å². The quantitative estimate of drug-likeness (QED) is 0.798. The molecule has 0 spiro atoms. The molecule has 1 heterocycles. The lowest BCUT2D eigenvalue weighted by molar-refractivity contribution is -0.159. The molecule has 2 atom stereocenters. The van der Waals surface area contributed by atoms with Crippen LogP contribution in [-0.2, 0) is 21.4 Å². The van der Waals surface area contributed by atoms with E-state index >= 15 is 0 Å². The summed E-state index contributed by atoms with van der Waals surface area (Å²) in [6.07, 6.45) is -1.96. The van der Waals surface area contributed by atoms with E-state index in [0.29, 0.717) is 17.1 Å². The first-order valence-electron chi connectivity index (χ1n) is 8.12. The van der Waals surface area contributed by atoms with Crippen LogP contribution in [-0.4, -0.2) is 33.9 Å². The Morgan fingerprint density at radius 1 is 1.15 bits per heavy atom. The van der Waals surface area contributed by atoms with Crippen molar-refractivity contribution >= 4 is 17.6 Å². The third-order valence-electron chi connectivity index (χ3n) is 3.88. The Balaban J connectivity index is 1.92. The number of aromatic nitrogens is 2. The lowest BCUT2D eigenvalue weighted by Crippen LogP contribution is -2.35. The fourth-order valence-electron chi connectivity index (χ4n) is 2.27. The highest BCUT2D eigenvalue weighted by molar-refractivity contribution is 5.96. The molecule has 0 saturated carbocycles. The second kappa shape index (κ2) is 7.99. The number of carbonyl (C=O) groups is 2. The van der Waals surface area contributed by atoms with Crippen molar-refractivity contribution in [2.24, 2.45) is 7.05 Å². The molecule has 140 valence electrons. The zero-order valence-electron chi connectivity index (χ0n) is 15.4. The Hall–Kier alpha value is -2.90. The highest BCUT2D eigenvalue weighted by Gasteiger charge is 2.24. The first kappa shape index (κ1) is 19.4. The van der Waals surface area contributed by atoms with Crippen LogP contribution in [0.1, 0.15) is 25.2 Å². The van der Waals surface area contributed by atoms with Gasteiger partial charge in [-0.15, -0.1) is 0 Å². The third kappa shape index (κ3) is 4.59. The molecule has 2 rings (SSSR count). The van der Waals surface area contributed by atoms with Gasteiger partial charge in [0.05, 0.1) is 17.1 Å². The molecule has 0 fully saturated rings. The summed E-state index contributed by atoms with van der Waals surface area (Å²) in [6, 6.07) is 5.26. The Labute approximate surface area is 151 Å². The lowest BCUT2D eigenvalue weighted by Gasteiger charge is -2.18. The van der Waals surface area contributed by atoms with Gasteiger partial charge in [-0.3, -0.25) is 9.48 Å². The number of nitrogens with one attached hydrogen (secondary N) is 1. The minimum Gasteiger partial charge on any atom is -0.479 e. The summed E-state index contributed by atoms with van der Waals surface area (Å²) in [4.78, 5) is 24.4. The number of benzene rings is 1. The molecule has 1 aromatic carbocycles. The smallest absolute Gasteiger partial charge is 0.347 e. The molecule has 0 bridgehead atoms. The molecule has 1 aromatic heterocycles. The van der Waals surface area contributed by atoms with Gasteiger partial charge in [0.2, 0.25) is 0 Å². The number of hydrogen-bond acceptors (Lipinski definition) is 5. The van der Waals surface area contributed by atoms with E-state index in [9.17, 15) is 14.0 Å². The molecular formula is C18H22FN3O4. The number of ether oxygens (including phenoxy) is 2. The van der Waals surface area contributed by atoms with Gasteiger partial charge in [0, 0.05) is 7.05 Å². The first-order valence-corrected chi connectivity index (χ1v) is 8.12. The topological polar surface area (TPSA) is 82.5 Å². The Morgan fingerprint density at radius 2 is 1.77 bits per heavy atom. The average Bonchev–Trinajstić information content (AvgIpc) is 2.82. The number of esters is 1. The largest absolute Gasteiger partial charge is 0.479 e. The van der Waals surface area contributed by atoms with Gasteiger partial charge in [-0.25, -0.2) is 9.18 Å². The standard InChI is InChI=1S/C18H22FN3O4/c1-10-16(11(2)22(5)21-10)20-17(23)12(3)26-18(24)13(4)25-15-8-6-14(19)7-9-15/h6-9,12-13H,1-5H3,(H,20,23)/t12-,13+/m0/s1. The molecule has 0 radical (unpaired) electrons. The maximum absolute atomic E-state index is 12.9. The van der Waals surface area contributed by atoms with Crippen LogP contribution in [0, 0.1) is 19.7 Å². The van der Waals surface area contributed by atoms with Crippen LogP contribution < -0.4 is 10.1 Å². The summed E-state index contributed by atoms with van der Waals surface area (Å²) in [5, 5.41) is 6.93. The first-order chi connectivity index (χ1) is 12.2. The van der Waals surface area contributed by atoms with E-state index in [4.69, 9.17) is 9.47 Å². The molecule has 7 nitrogen and oxygen atoms in total. The van der Waals surface area contributed by atoms with Gasteiger partial charge in [0.25, 0.3) is 5.91 Å². The van der Waals surface area contributed by atoms with Crippen molar-refractivity contribution in [1.82, 2.24) is 9.78 Å². The monoisotopic (exact) mass is 363 g/mol. The third-order valence-corrected chi connectivity index (χ3v) is 3.88. The molecule has 0 aliphatic rings. The Bertz CT molecular complexity index is 802. The van der Waals surface area contributed by atoms with E-state index in [1.807, 2.05) is 6.92 Å². The normalized spacial score (nSPS) is 13.0. The molecular weight excluding hydrogens is 341 g/mol. The van der Waals surface area contributed by atoms with Gasteiger partial charge in [0.1, 0.15) is 11.6 Å². The van der Waals surface area contributed by atoms with Crippen molar-refractivity contribution < 1.29 is 23.5 Å². The number of aryl methyl sites for hydroxylation is 2. The van der Waals surface area contributed by atoms with E-state index < -0.39 is 29.9 Å². The van der Waals surface area contributed by atoms with E-state index in [0.717, 1.165) is 5.69 Å². The maximum Gasteiger partial charge on any atom is 0.347 e. The predicted octanol–water partition coefficient (Wildman–Crippen LogP) is 2.51. The highest BCUT2D eigenvalue weighted by atomic mass is 19.1. The molecule has 0 aliphatic carbocycles. The summed E-state index contributed by atoms with van der Waals surface area (Å²) in [6.45, 7) is 6.56. The van der Waals surface area contributed by atoms with Crippen molar-refractivity contribution in [3.8, 4) is 5.75 Å². The minimum absolute atomic E-state index is 0.328. The predicted molar refractivity (Wildman–Crippen MR) is 93.4 cm³/mol. The van der Waals surface area contributed by atoms with Crippen LogP contribution in [0.15, 0.2) is 24.3 Å².